The van der Waals surface area contributed by atoms with E-state index in [2.05, 4.69) is 15.6 Å². The standard InChI is InChI=1S/C27H33N5O5S2/c1-2-6-23(33)31-24(25(34)29-13-16-39(28,36)37)26-30-21-12-11-20(17-22(21)38-26)18-7-9-19(10-8-18)27(35)32-14-4-3-5-15-32/h7-12,17,24H,2-6,13-16H2,1H3,(H,29,34)(H,31,33)(H2,28,36,37). The molecule has 0 spiro atoms. The van der Waals surface area contributed by atoms with Crippen LogP contribution < -0.4 is 15.8 Å². The fourth-order valence-corrected chi connectivity index (χ4v) is 5.89. The van der Waals surface area contributed by atoms with Gasteiger partial charge >= 0.3 is 0 Å². The van der Waals surface area contributed by atoms with Gasteiger partial charge in [-0.25, -0.2) is 18.5 Å². The summed E-state index contributed by atoms with van der Waals surface area (Å²) < 4.78 is 23.3. The summed E-state index contributed by atoms with van der Waals surface area (Å²) in [7, 11) is -3.74. The molecule has 2 heterocycles. The van der Waals surface area contributed by atoms with Crippen molar-refractivity contribution >= 4 is 49.3 Å². The average Bonchev–Trinajstić information content (AvgIpc) is 3.34. The summed E-state index contributed by atoms with van der Waals surface area (Å²) in [5, 5.41) is 10.7. The van der Waals surface area contributed by atoms with Crippen molar-refractivity contribution in [3.63, 3.8) is 0 Å². The van der Waals surface area contributed by atoms with E-state index in [1.54, 1.807) is 0 Å². The Labute approximate surface area is 232 Å². The van der Waals surface area contributed by atoms with Crippen LogP contribution in [0.15, 0.2) is 42.5 Å². The number of nitrogens with two attached hydrogens (primary N) is 1. The normalized spacial score (nSPS) is 14.7. The number of thiazole rings is 1. The van der Waals surface area contributed by atoms with Crippen molar-refractivity contribution in [2.75, 3.05) is 25.4 Å². The van der Waals surface area contributed by atoms with Gasteiger partial charge in [-0.2, -0.15) is 0 Å². The number of fused-ring (bicyclic) bond motifs is 1. The third-order valence-corrected chi connectivity index (χ3v) is 8.35. The van der Waals surface area contributed by atoms with E-state index in [0.717, 1.165) is 41.8 Å². The van der Waals surface area contributed by atoms with Crippen molar-refractivity contribution in [2.24, 2.45) is 5.14 Å². The minimum atomic E-state index is -3.74. The molecule has 4 rings (SSSR count). The van der Waals surface area contributed by atoms with Gasteiger partial charge in [-0.05, 0) is 61.1 Å². The maximum atomic E-state index is 12.9. The summed E-state index contributed by atoms with van der Waals surface area (Å²) in [6.45, 7) is 3.28. The lowest BCUT2D eigenvalue weighted by molar-refractivity contribution is -0.129. The second-order valence-electron chi connectivity index (χ2n) is 9.57. The number of piperidine rings is 1. The fourth-order valence-electron chi connectivity index (χ4n) is 4.45. The quantitative estimate of drug-likeness (QED) is 0.340. The second-order valence-corrected chi connectivity index (χ2v) is 12.4. The van der Waals surface area contributed by atoms with Crippen LogP contribution in [0.2, 0.25) is 0 Å². The number of aromatic nitrogens is 1. The van der Waals surface area contributed by atoms with Crippen LogP contribution in [-0.4, -0.2) is 61.4 Å². The molecule has 2 aromatic carbocycles. The number of amides is 3. The molecule has 1 aliphatic rings. The van der Waals surface area contributed by atoms with E-state index in [-0.39, 0.29) is 24.8 Å². The topological polar surface area (TPSA) is 152 Å². The monoisotopic (exact) mass is 571 g/mol. The summed E-state index contributed by atoms with van der Waals surface area (Å²) in [4.78, 5) is 44.5. The van der Waals surface area contributed by atoms with Gasteiger partial charge in [0.05, 0.1) is 16.0 Å². The number of primary sulfonamides is 1. The zero-order valence-corrected chi connectivity index (χ0v) is 23.4. The van der Waals surface area contributed by atoms with Gasteiger partial charge in [-0.15, -0.1) is 11.3 Å². The molecule has 1 aromatic heterocycles. The molecule has 0 saturated carbocycles. The molecule has 1 aliphatic heterocycles. The van der Waals surface area contributed by atoms with E-state index in [1.807, 2.05) is 54.3 Å². The molecule has 208 valence electrons. The highest BCUT2D eigenvalue weighted by atomic mass is 32.2. The Hall–Kier alpha value is -3.35. The van der Waals surface area contributed by atoms with Crippen LogP contribution in [0.25, 0.3) is 21.3 Å². The largest absolute Gasteiger partial charge is 0.353 e. The van der Waals surface area contributed by atoms with Crippen molar-refractivity contribution in [3.05, 3.63) is 53.0 Å². The molecule has 12 heteroatoms. The number of hydrogen-bond acceptors (Lipinski definition) is 7. The number of rotatable bonds is 10. The lowest BCUT2D eigenvalue weighted by Gasteiger charge is -2.26. The van der Waals surface area contributed by atoms with Crippen LogP contribution in [-0.2, 0) is 19.6 Å². The van der Waals surface area contributed by atoms with E-state index in [1.165, 1.54) is 17.8 Å². The fraction of sp³-hybridized carbons (Fsp3) is 0.407. The SMILES string of the molecule is CCCC(=O)NC(C(=O)NCCS(N)(=O)=O)c1nc2ccc(-c3ccc(C(=O)N4CCCCC4)cc3)cc2s1. The number of hydrogen-bond donors (Lipinski definition) is 3. The van der Waals surface area contributed by atoms with Gasteiger partial charge in [0.2, 0.25) is 21.8 Å². The number of carbonyl (C=O) groups is 3. The summed E-state index contributed by atoms with van der Waals surface area (Å²) in [6, 6.07) is 12.2. The first-order valence-electron chi connectivity index (χ1n) is 13.0. The van der Waals surface area contributed by atoms with E-state index < -0.39 is 27.7 Å². The molecular weight excluding hydrogens is 538 g/mol. The van der Waals surface area contributed by atoms with Crippen LogP contribution in [0.3, 0.4) is 0 Å². The van der Waals surface area contributed by atoms with Gasteiger partial charge in [-0.1, -0.05) is 25.1 Å². The van der Waals surface area contributed by atoms with E-state index in [9.17, 15) is 22.8 Å². The summed E-state index contributed by atoms with van der Waals surface area (Å²) >= 11 is 1.28. The average molecular weight is 572 g/mol. The Balaban J connectivity index is 1.54. The smallest absolute Gasteiger partial charge is 0.253 e. The number of nitrogens with one attached hydrogen (secondary N) is 2. The lowest BCUT2D eigenvalue weighted by Crippen LogP contribution is -2.42. The molecule has 10 nitrogen and oxygen atoms in total. The van der Waals surface area contributed by atoms with Crippen LogP contribution in [0.4, 0.5) is 0 Å². The predicted molar refractivity (Wildman–Crippen MR) is 152 cm³/mol. The second kappa shape index (κ2) is 12.7. The molecule has 1 fully saturated rings. The maximum absolute atomic E-state index is 12.9. The van der Waals surface area contributed by atoms with Crippen LogP contribution in [0.1, 0.15) is 60.4 Å². The van der Waals surface area contributed by atoms with Crippen molar-refractivity contribution in [2.45, 2.75) is 45.1 Å². The van der Waals surface area contributed by atoms with Gasteiger partial charge in [0, 0.05) is 31.6 Å². The molecule has 0 bridgehead atoms. The third kappa shape index (κ3) is 7.61. The first kappa shape index (κ1) is 28.7. The molecule has 3 amide bonds. The molecule has 0 aliphatic carbocycles. The van der Waals surface area contributed by atoms with Crippen molar-refractivity contribution in [1.82, 2.24) is 20.5 Å². The minimum absolute atomic E-state index is 0.0577. The number of likely N-dealkylation sites (tertiary alicyclic amines) is 1. The lowest BCUT2D eigenvalue weighted by atomic mass is 10.0. The predicted octanol–water partition coefficient (Wildman–Crippen LogP) is 2.95. The number of nitrogens with zero attached hydrogens (tertiary/aromatic N) is 2. The van der Waals surface area contributed by atoms with Crippen molar-refractivity contribution in [3.8, 4) is 11.1 Å². The minimum Gasteiger partial charge on any atom is -0.353 e. The molecule has 3 aromatic rings. The highest BCUT2D eigenvalue weighted by molar-refractivity contribution is 7.89. The molecule has 4 N–H and O–H groups in total. The first-order chi connectivity index (χ1) is 18.6. The van der Waals surface area contributed by atoms with E-state index >= 15 is 0 Å². The summed E-state index contributed by atoms with van der Waals surface area (Å²) in [5.41, 5.74) is 3.21. The van der Waals surface area contributed by atoms with Crippen molar-refractivity contribution in [1.29, 1.82) is 0 Å². The van der Waals surface area contributed by atoms with Gasteiger partial charge in [0.15, 0.2) is 6.04 Å². The van der Waals surface area contributed by atoms with Gasteiger partial charge in [-0.3, -0.25) is 14.4 Å². The third-order valence-electron chi connectivity index (χ3n) is 6.49. The summed E-state index contributed by atoms with van der Waals surface area (Å²) in [5.74, 6) is -1.22. The Kier molecular flexibility index (Phi) is 9.31. The Bertz CT molecular complexity index is 1450. The zero-order chi connectivity index (χ0) is 28.0. The van der Waals surface area contributed by atoms with Gasteiger partial charge < -0.3 is 15.5 Å². The Morgan fingerprint density at radius 2 is 1.74 bits per heavy atom. The highest BCUT2D eigenvalue weighted by Crippen LogP contribution is 2.31. The summed E-state index contributed by atoms with van der Waals surface area (Å²) in [6.07, 6.45) is 4.10. The molecule has 1 unspecified atom stereocenters. The van der Waals surface area contributed by atoms with Crippen LogP contribution >= 0.6 is 11.3 Å². The van der Waals surface area contributed by atoms with E-state index in [4.69, 9.17) is 5.14 Å². The molecule has 1 saturated heterocycles. The van der Waals surface area contributed by atoms with Gasteiger partial charge in [0.1, 0.15) is 5.01 Å². The zero-order valence-electron chi connectivity index (χ0n) is 21.8. The van der Waals surface area contributed by atoms with Gasteiger partial charge in [0.25, 0.3) is 5.91 Å². The van der Waals surface area contributed by atoms with Crippen LogP contribution in [0, 0.1) is 0 Å². The number of sulfonamides is 1. The maximum Gasteiger partial charge on any atom is 0.253 e. The van der Waals surface area contributed by atoms with Crippen molar-refractivity contribution < 1.29 is 22.8 Å². The van der Waals surface area contributed by atoms with Crippen LogP contribution in [0.5, 0.6) is 0 Å². The number of benzene rings is 2. The Morgan fingerprint density at radius 1 is 1.05 bits per heavy atom. The first-order valence-corrected chi connectivity index (χ1v) is 15.6. The molecule has 39 heavy (non-hydrogen) atoms. The highest BCUT2D eigenvalue weighted by Gasteiger charge is 2.26. The number of carbonyl (C=O) groups excluding carboxylic acids is 3. The molecule has 0 radical (unpaired) electrons. The van der Waals surface area contributed by atoms with E-state index in [0.29, 0.717) is 22.5 Å². The molecular formula is C27H33N5O5S2. The molecule has 1 atom stereocenters. The Morgan fingerprint density at radius 3 is 2.41 bits per heavy atom.